The zero-order valence-electron chi connectivity index (χ0n) is 21.0. The molecular weight excluding hydrogens is 470 g/mol. The van der Waals surface area contributed by atoms with Crippen LogP contribution in [0.25, 0.3) is 33.5 Å². The van der Waals surface area contributed by atoms with Crippen LogP contribution in [-0.4, -0.2) is 44.0 Å². The van der Waals surface area contributed by atoms with Gasteiger partial charge in [0, 0.05) is 43.0 Å². The van der Waals surface area contributed by atoms with Crippen LogP contribution in [0.15, 0.2) is 91.1 Å². The molecule has 186 valence electrons. The largest absolute Gasteiger partial charge is 0.367 e. The maximum absolute atomic E-state index is 9.02. The van der Waals surface area contributed by atoms with Crippen molar-refractivity contribution in [1.29, 1.82) is 5.26 Å². The standard InChI is InChI=1S/C31H27N7/c32-20-29-33-17-14-28(37-29)34-25-15-18-38(19-16-25)21-22-10-12-24(13-11-22)31-30(23-6-2-1-3-7-23)35-26-8-4-5-9-27(26)36-31/h1-14,17,25H,15-16,18-19,21H2,(H,33,34,37). The SMILES string of the molecule is N#Cc1nccc(NC2CCN(Cc3ccc(-c4nc5ccccc5nc4-c4ccccc4)cc3)CC2)n1. The Morgan fingerprint density at radius 3 is 2.05 bits per heavy atom. The van der Waals surface area contributed by atoms with Crippen LogP contribution in [0.4, 0.5) is 5.82 Å². The highest BCUT2D eigenvalue weighted by atomic mass is 15.1. The molecule has 3 heterocycles. The predicted molar refractivity (Wildman–Crippen MR) is 149 cm³/mol. The molecule has 7 heteroatoms. The molecule has 1 saturated heterocycles. The van der Waals surface area contributed by atoms with Gasteiger partial charge in [-0.2, -0.15) is 5.26 Å². The number of rotatable bonds is 6. The maximum atomic E-state index is 9.02. The van der Waals surface area contributed by atoms with Gasteiger partial charge >= 0.3 is 0 Å². The fraction of sp³-hybridized carbons (Fsp3) is 0.194. The second kappa shape index (κ2) is 10.8. The van der Waals surface area contributed by atoms with Gasteiger partial charge in [-0.3, -0.25) is 4.90 Å². The van der Waals surface area contributed by atoms with E-state index in [1.807, 2.05) is 54.6 Å². The maximum Gasteiger partial charge on any atom is 0.234 e. The van der Waals surface area contributed by atoms with Gasteiger partial charge in [-0.05, 0) is 36.6 Å². The molecule has 2 aromatic heterocycles. The van der Waals surface area contributed by atoms with Crippen LogP contribution < -0.4 is 5.32 Å². The Labute approximate surface area is 221 Å². The lowest BCUT2D eigenvalue weighted by Crippen LogP contribution is -2.38. The molecule has 1 aliphatic heterocycles. The van der Waals surface area contributed by atoms with Crippen molar-refractivity contribution in [2.75, 3.05) is 18.4 Å². The third-order valence-electron chi connectivity index (χ3n) is 6.95. The molecule has 5 aromatic rings. The van der Waals surface area contributed by atoms with Gasteiger partial charge in [0.2, 0.25) is 5.82 Å². The Balaban J connectivity index is 1.15. The van der Waals surface area contributed by atoms with E-state index in [0.717, 1.165) is 71.8 Å². The smallest absolute Gasteiger partial charge is 0.234 e. The van der Waals surface area contributed by atoms with E-state index in [-0.39, 0.29) is 5.82 Å². The number of anilines is 1. The third-order valence-corrected chi connectivity index (χ3v) is 6.95. The van der Waals surface area contributed by atoms with Crippen molar-refractivity contribution >= 4 is 16.9 Å². The van der Waals surface area contributed by atoms with Gasteiger partial charge in [0.25, 0.3) is 0 Å². The first-order chi connectivity index (χ1) is 18.7. The fourth-order valence-corrected chi connectivity index (χ4v) is 4.96. The molecule has 0 unspecified atom stereocenters. The average Bonchev–Trinajstić information content (AvgIpc) is 2.98. The monoisotopic (exact) mass is 497 g/mol. The molecule has 0 bridgehead atoms. The molecule has 1 fully saturated rings. The van der Waals surface area contributed by atoms with E-state index in [4.69, 9.17) is 15.2 Å². The normalized spacial score (nSPS) is 14.3. The van der Waals surface area contributed by atoms with Crippen LogP contribution >= 0.6 is 0 Å². The van der Waals surface area contributed by atoms with Gasteiger partial charge in [-0.1, -0.05) is 66.7 Å². The van der Waals surface area contributed by atoms with Gasteiger partial charge < -0.3 is 5.32 Å². The number of hydrogen-bond acceptors (Lipinski definition) is 7. The summed E-state index contributed by atoms with van der Waals surface area (Å²) in [5.41, 5.74) is 7.00. The summed E-state index contributed by atoms with van der Waals surface area (Å²) in [6.07, 6.45) is 3.67. The lowest BCUT2D eigenvalue weighted by molar-refractivity contribution is 0.211. The van der Waals surface area contributed by atoms with E-state index >= 15 is 0 Å². The minimum Gasteiger partial charge on any atom is -0.367 e. The average molecular weight is 498 g/mol. The van der Waals surface area contributed by atoms with Gasteiger partial charge in [0.15, 0.2) is 0 Å². The Morgan fingerprint density at radius 2 is 1.39 bits per heavy atom. The second-order valence-electron chi connectivity index (χ2n) is 9.54. The molecule has 0 radical (unpaired) electrons. The highest BCUT2D eigenvalue weighted by molar-refractivity contribution is 5.86. The van der Waals surface area contributed by atoms with E-state index in [1.54, 1.807) is 6.20 Å². The zero-order valence-corrected chi connectivity index (χ0v) is 21.0. The van der Waals surface area contributed by atoms with E-state index in [9.17, 15) is 0 Å². The fourth-order valence-electron chi connectivity index (χ4n) is 4.96. The summed E-state index contributed by atoms with van der Waals surface area (Å²) in [7, 11) is 0. The highest BCUT2D eigenvalue weighted by Crippen LogP contribution is 2.31. The molecule has 0 aliphatic carbocycles. The van der Waals surface area contributed by atoms with Crippen LogP contribution in [0.2, 0.25) is 0 Å². The predicted octanol–water partition coefficient (Wildman–Crippen LogP) is 5.70. The number of hydrogen-bond donors (Lipinski definition) is 1. The van der Waals surface area contributed by atoms with Crippen LogP contribution in [0.3, 0.4) is 0 Å². The molecule has 1 N–H and O–H groups in total. The van der Waals surface area contributed by atoms with Crippen LogP contribution in [0, 0.1) is 11.3 Å². The summed E-state index contributed by atoms with van der Waals surface area (Å²) in [6, 6.07) is 31.2. The molecule has 0 saturated carbocycles. The number of nitrogens with zero attached hydrogens (tertiary/aromatic N) is 6. The van der Waals surface area contributed by atoms with Crippen molar-refractivity contribution in [2.45, 2.75) is 25.4 Å². The van der Waals surface area contributed by atoms with Crippen LogP contribution in [0.1, 0.15) is 24.2 Å². The molecule has 0 spiro atoms. The first kappa shape index (κ1) is 23.7. The molecule has 3 aromatic carbocycles. The lowest BCUT2D eigenvalue weighted by atomic mass is 10.0. The van der Waals surface area contributed by atoms with Crippen LogP contribution in [0.5, 0.6) is 0 Å². The lowest BCUT2D eigenvalue weighted by Gasteiger charge is -2.32. The van der Waals surface area contributed by atoms with Gasteiger partial charge in [-0.25, -0.2) is 19.9 Å². The summed E-state index contributed by atoms with van der Waals surface area (Å²) in [5.74, 6) is 0.915. The zero-order chi connectivity index (χ0) is 25.7. The highest BCUT2D eigenvalue weighted by Gasteiger charge is 2.20. The third kappa shape index (κ3) is 5.22. The Hall–Kier alpha value is -4.67. The number of para-hydroxylation sites is 2. The molecule has 1 aliphatic rings. The first-order valence-corrected chi connectivity index (χ1v) is 12.9. The van der Waals surface area contributed by atoms with Crippen molar-refractivity contribution in [3.8, 4) is 28.6 Å². The number of benzene rings is 3. The Kier molecular flexibility index (Phi) is 6.71. The summed E-state index contributed by atoms with van der Waals surface area (Å²) in [4.78, 5) is 20.7. The van der Waals surface area contributed by atoms with E-state index in [1.165, 1.54) is 5.56 Å². The molecule has 0 amide bonds. The summed E-state index contributed by atoms with van der Waals surface area (Å²) in [6.45, 7) is 2.92. The van der Waals surface area contributed by atoms with E-state index in [0.29, 0.717) is 6.04 Å². The Morgan fingerprint density at radius 1 is 0.763 bits per heavy atom. The quantitative estimate of drug-likeness (QED) is 0.322. The molecular formula is C31H27N7. The number of nitriles is 1. The number of likely N-dealkylation sites (tertiary alicyclic amines) is 1. The summed E-state index contributed by atoms with van der Waals surface area (Å²) >= 11 is 0. The second-order valence-corrected chi connectivity index (χ2v) is 9.54. The number of aromatic nitrogens is 4. The van der Waals surface area contributed by atoms with E-state index in [2.05, 4.69) is 56.6 Å². The van der Waals surface area contributed by atoms with Crippen molar-refractivity contribution in [3.05, 3.63) is 103 Å². The summed E-state index contributed by atoms with van der Waals surface area (Å²) in [5, 5.41) is 12.5. The van der Waals surface area contributed by atoms with Crippen LogP contribution in [-0.2, 0) is 6.54 Å². The van der Waals surface area contributed by atoms with Gasteiger partial charge in [0.1, 0.15) is 11.9 Å². The van der Waals surface area contributed by atoms with Crippen molar-refractivity contribution in [3.63, 3.8) is 0 Å². The summed E-state index contributed by atoms with van der Waals surface area (Å²) < 4.78 is 0. The number of piperidine rings is 1. The minimum absolute atomic E-state index is 0.196. The molecule has 6 rings (SSSR count). The number of nitrogens with one attached hydrogen (secondary N) is 1. The molecule has 7 nitrogen and oxygen atoms in total. The minimum atomic E-state index is 0.196. The Bertz CT molecular complexity index is 1590. The molecule has 38 heavy (non-hydrogen) atoms. The van der Waals surface area contributed by atoms with Gasteiger partial charge in [-0.15, -0.1) is 0 Å². The topological polar surface area (TPSA) is 90.6 Å². The molecule has 0 atom stereocenters. The first-order valence-electron chi connectivity index (χ1n) is 12.9. The van der Waals surface area contributed by atoms with E-state index < -0.39 is 0 Å². The van der Waals surface area contributed by atoms with Gasteiger partial charge in [0.05, 0.1) is 22.4 Å². The van der Waals surface area contributed by atoms with Crippen molar-refractivity contribution in [1.82, 2.24) is 24.8 Å². The number of fused-ring (bicyclic) bond motifs is 1. The van der Waals surface area contributed by atoms with Crippen molar-refractivity contribution in [2.24, 2.45) is 0 Å². The van der Waals surface area contributed by atoms with Crippen molar-refractivity contribution < 1.29 is 0 Å².